The summed E-state index contributed by atoms with van der Waals surface area (Å²) in [6.45, 7) is 0.848. The van der Waals surface area contributed by atoms with Crippen molar-refractivity contribution in [3.8, 4) is 6.07 Å². The van der Waals surface area contributed by atoms with E-state index >= 15 is 0 Å². The molecule has 0 fully saturated rings. The van der Waals surface area contributed by atoms with Crippen LogP contribution in [0.1, 0.15) is 33.6 Å². The standard InChI is InChI=1S/C20H22N6O4/c1-30-6-4-23-16-8-18(24-10-15(16)9-21)26(20(22)29)5-2-3-13-7-14(11-27)17(12-28)25-19(13)26/h7-8,10,12,27H,2-6,11H2,1H3,(H2-,22,23,24,29)/p+1. The summed E-state index contributed by atoms with van der Waals surface area (Å²) < 4.78 is 4.55. The number of primary amides is 1. The number of hydrogen-bond donors (Lipinski definition) is 3. The lowest BCUT2D eigenvalue weighted by atomic mass is 9.99. The molecule has 3 heterocycles. The SMILES string of the molecule is COCCNc1cc([N+]2(C(N)=O)CCCc3cc(CO)c(C=O)nc32)ncc1C#N. The average molecular weight is 411 g/mol. The average Bonchev–Trinajstić information content (AvgIpc) is 2.77. The molecule has 0 saturated heterocycles. The van der Waals surface area contributed by atoms with Gasteiger partial charge in [-0.25, -0.2) is 9.78 Å². The Labute approximate surface area is 173 Å². The van der Waals surface area contributed by atoms with Gasteiger partial charge in [0.05, 0.1) is 30.7 Å². The third-order valence-corrected chi connectivity index (χ3v) is 5.17. The summed E-state index contributed by atoms with van der Waals surface area (Å²) in [5.74, 6) is 0.608. The Bertz CT molecular complexity index is 1020. The summed E-state index contributed by atoms with van der Waals surface area (Å²) in [4.78, 5) is 33.0. The number of fused-ring (bicyclic) bond motifs is 1. The highest BCUT2D eigenvalue weighted by Gasteiger charge is 2.47. The number of nitrogens with one attached hydrogen (secondary N) is 1. The van der Waals surface area contributed by atoms with E-state index in [0.29, 0.717) is 67.3 Å². The van der Waals surface area contributed by atoms with Crippen molar-refractivity contribution in [2.75, 3.05) is 32.1 Å². The van der Waals surface area contributed by atoms with Crippen LogP contribution in [0.5, 0.6) is 0 Å². The van der Waals surface area contributed by atoms with Crippen molar-refractivity contribution in [3.63, 3.8) is 0 Å². The van der Waals surface area contributed by atoms with E-state index in [1.807, 2.05) is 0 Å². The fourth-order valence-electron chi connectivity index (χ4n) is 3.69. The number of quaternary nitrogens is 1. The Morgan fingerprint density at radius 2 is 2.30 bits per heavy atom. The van der Waals surface area contributed by atoms with Crippen molar-refractivity contribution in [3.05, 3.63) is 40.7 Å². The van der Waals surface area contributed by atoms with Gasteiger partial charge in [0.25, 0.3) is 0 Å². The Balaban J connectivity index is 2.20. The van der Waals surface area contributed by atoms with Gasteiger partial charge in [0.1, 0.15) is 18.3 Å². The molecule has 1 aliphatic rings. The number of anilines is 1. The molecule has 2 amide bonds. The number of nitrogens with zero attached hydrogens (tertiary/aromatic N) is 4. The van der Waals surface area contributed by atoms with E-state index in [1.54, 1.807) is 19.2 Å². The first kappa shape index (κ1) is 21.3. The van der Waals surface area contributed by atoms with E-state index in [2.05, 4.69) is 21.4 Å². The molecule has 1 unspecified atom stereocenters. The second-order valence-electron chi connectivity index (χ2n) is 6.89. The van der Waals surface area contributed by atoms with Crippen molar-refractivity contribution in [2.24, 2.45) is 5.73 Å². The Kier molecular flexibility index (Phi) is 6.37. The van der Waals surface area contributed by atoms with E-state index in [-0.39, 0.29) is 12.3 Å². The van der Waals surface area contributed by atoms with E-state index in [0.717, 1.165) is 5.56 Å². The van der Waals surface area contributed by atoms with Crippen LogP contribution in [-0.2, 0) is 17.8 Å². The topological polar surface area (TPSA) is 151 Å². The van der Waals surface area contributed by atoms with Crippen molar-refractivity contribution in [1.29, 1.82) is 5.26 Å². The number of urea groups is 1. The molecule has 0 aromatic carbocycles. The number of aliphatic hydroxyl groups is 1. The predicted octanol–water partition coefficient (Wildman–Crippen LogP) is 1.38. The van der Waals surface area contributed by atoms with E-state index in [9.17, 15) is 20.0 Å². The fourth-order valence-corrected chi connectivity index (χ4v) is 3.69. The maximum Gasteiger partial charge on any atom is 0.426 e. The lowest BCUT2D eigenvalue weighted by molar-refractivity contribution is 0.111. The maximum absolute atomic E-state index is 12.8. The van der Waals surface area contributed by atoms with Gasteiger partial charge in [0, 0.05) is 37.3 Å². The van der Waals surface area contributed by atoms with Crippen molar-refractivity contribution in [2.45, 2.75) is 19.4 Å². The number of methoxy groups -OCH3 is 1. The molecule has 2 aromatic rings. The first-order valence-electron chi connectivity index (χ1n) is 9.42. The number of aliphatic hydroxyl groups excluding tert-OH is 1. The number of aromatic nitrogens is 2. The highest BCUT2D eigenvalue weighted by molar-refractivity contribution is 5.93. The zero-order valence-corrected chi connectivity index (χ0v) is 16.6. The van der Waals surface area contributed by atoms with Crippen molar-refractivity contribution < 1.29 is 19.4 Å². The molecule has 1 atom stereocenters. The van der Waals surface area contributed by atoms with E-state index < -0.39 is 10.5 Å². The second-order valence-corrected chi connectivity index (χ2v) is 6.89. The smallest absolute Gasteiger partial charge is 0.392 e. The number of carbonyl (C=O) groups is 2. The van der Waals surface area contributed by atoms with Crippen LogP contribution < -0.4 is 15.5 Å². The number of aryl methyl sites for hydroxylation is 1. The molecule has 30 heavy (non-hydrogen) atoms. The van der Waals surface area contributed by atoms with Crippen LogP contribution >= 0.6 is 0 Å². The zero-order valence-electron chi connectivity index (χ0n) is 16.6. The van der Waals surface area contributed by atoms with Gasteiger partial charge in [-0.05, 0) is 12.5 Å². The predicted molar refractivity (Wildman–Crippen MR) is 109 cm³/mol. The lowest BCUT2D eigenvalue weighted by Gasteiger charge is -2.35. The molecule has 0 saturated carbocycles. The van der Waals surface area contributed by atoms with Crippen LogP contribution in [0.4, 0.5) is 22.1 Å². The quantitative estimate of drug-likeness (QED) is 0.351. The van der Waals surface area contributed by atoms with Crippen LogP contribution in [0.15, 0.2) is 18.3 Å². The number of aldehydes is 1. The Morgan fingerprint density at radius 1 is 1.50 bits per heavy atom. The van der Waals surface area contributed by atoms with Gasteiger partial charge in [0.15, 0.2) is 6.29 Å². The van der Waals surface area contributed by atoms with Crippen molar-refractivity contribution in [1.82, 2.24) is 14.5 Å². The number of nitriles is 1. The molecular weight excluding hydrogens is 388 g/mol. The minimum absolute atomic E-state index is 0.0500. The summed E-state index contributed by atoms with van der Waals surface area (Å²) in [7, 11) is 1.57. The summed E-state index contributed by atoms with van der Waals surface area (Å²) in [5.41, 5.74) is 7.83. The van der Waals surface area contributed by atoms with Crippen molar-refractivity contribution >= 4 is 29.6 Å². The van der Waals surface area contributed by atoms with Gasteiger partial charge in [-0.2, -0.15) is 10.2 Å². The third-order valence-electron chi connectivity index (χ3n) is 5.17. The summed E-state index contributed by atoms with van der Waals surface area (Å²) in [5, 5.41) is 22.1. The van der Waals surface area contributed by atoms with Gasteiger partial charge in [-0.3, -0.25) is 4.79 Å². The summed E-state index contributed by atoms with van der Waals surface area (Å²) >= 11 is 0. The molecular formula is C20H23N6O4+. The summed E-state index contributed by atoms with van der Waals surface area (Å²) in [6, 6.07) is 4.66. The number of carbonyl (C=O) groups excluding carboxylic acids is 2. The molecule has 0 bridgehead atoms. The first-order chi connectivity index (χ1) is 14.5. The van der Waals surface area contributed by atoms with Gasteiger partial charge in [-0.1, -0.05) is 0 Å². The molecule has 4 N–H and O–H groups in total. The van der Waals surface area contributed by atoms with Crippen LogP contribution in [0.3, 0.4) is 0 Å². The number of hydrogen-bond acceptors (Lipinski definition) is 8. The molecule has 156 valence electrons. The molecule has 3 rings (SSSR count). The lowest BCUT2D eigenvalue weighted by Crippen LogP contribution is -2.56. The highest BCUT2D eigenvalue weighted by Crippen LogP contribution is 2.40. The van der Waals surface area contributed by atoms with Gasteiger partial charge in [0.2, 0.25) is 11.6 Å². The number of pyridine rings is 2. The van der Waals surface area contributed by atoms with E-state index in [1.165, 1.54) is 6.20 Å². The van der Waals surface area contributed by atoms with Gasteiger partial charge in [-0.15, -0.1) is 4.48 Å². The third kappa shape index (κ3) is 3.61. The minimum atomic E-state index is -0.697. The second kappa shape index (κ2) is 8.96. The molecule has 1 aliphatic heterocycles. The first-order valence-corrected chi connectivity index (χ1v) is 9.42. The molecule has 0 spiro atoms. The van der Waals surface area contributed by atoms with Crippen LogP contribution in [-0.4, -0.2) is 54.2 Å². The number of nitrogens with two attached hydrogens (primary N) is 1. The monoisotopic (exact) mass is 411 g/mol. The van der Waals surface area contributed by atoms with Gasteiger partial charge >= 0.3 is 6.03 Å². The van der Waals surface area contributed by atoms with Crippen LogP contribution in [0.2, 0.25) is 0 Å². The molecule has 10 heteroatoms. The molecule has 0 radical (unpaired) electrons. The van der Waals surface area contributed by atoms with Crippen LogP contribution in [0, 0.1) is 11.3 Å². The maximum atomic E-state index is 12.8. The molecule has 2 aromatic heterocycles. The zero-order chi connectivity index (χ0) is 21.7. The number of rotatable bonds is 7. The normalized spacial score (nSPS) is 17.6. The van der Waals surface area contributed by atoms with Gasteiger partial charge < -0.3 is 20.9 Å². The Morgan fingerprint density at radius 3 is 2.93 bits per heavy atom. The highest BCUT2D eigenvalue weighted by atomic mass is 16.5. The number of amides is 2. The Hall–Kier alpha value is -3.39. The minimum Gasteiger partial charge on any atom is -0.392 e. The molecule has 0 aliphatic carbocycles. The fraction of sp³-hybridized carbons (Fsp3) is 0.350. The molecule has 10 nitrogen and oxygen atoms in total. The largest absolute Gasteiger partial charge is 0.426 e. The van der Waals surface area contributed by atoms with E-state index in [4.69, 9.17) is 10.5 Å². The number of ether oxygens (including phenoxy) is 1. The van der Waals surface area contributed by atoms with Crippen LogP contribution in [0.25, 0.3) is 0 Å². The summed E-state index contributed by atoms with van der Waals surface area (Å²) in [6.07, 6.45) is 3.17.